The molecule has 7 heteroatoms. The molecule has 128 valence electrons. The molecule has 0 unspecified atom stereocenters. The maximum absolute atomic E-state index is 9.78. The quantitative estimate of drug-likeness (QED) is 0.265. The van der Waals surface area contributed by atoms with E-state index >= 15 is 0 Å². The summed E-state index contributed by atoms with van der Waals surface area (Å²) in [7, 11) is 0. The summed E-state index contributed by atoms with van der Waals surface area (Å²) >= 11 is 0. The van der Waals surface area contributed by atoms with E-state index in [9.17, 15) is 15.3 Å². The summed E-state index contributed by atoms with van der Waals surface area (Å²) in [5, 5.41) is 38.1. The fourth-order valence-corrected chi connectivity index (χ4v) is 2.46. The maximum atomic E-state index is 9.78. The van der Waals surface area contributed by atoms with Crippen molar-refractivity contribution in [2.24, 2.45) is 0 Å². The smallest absolute Gasteiger partial charge is 1.00 e. The Balaban J connectivity index is 0. The van der Waals surface area contributed by atoms with Crippen LogP contribution in [0.5, 0.6) is 0 Å². The Morgan fingerprint density at radius 3 is 2.09 bits per heavy atom. The monoisotopic (exact) mass is 330 g/mol. The Kier molecular flexibility index (Phi) is 13.5. The second kappa shape index (κ2) is 13.1. The maximum Gasteiger partial charge on any atom is 1.00 e. The van der Waals surface area contributed by atoms with Crippen molar-refractivity contribution in [2.75, 3.05) is 13.2 Å². The van der Waals surface area contributed by atoms with Gasteiger partial charge in [0, 0.05) is 6.61 Å². The second-order valence-electron chi connectivity index (χ2n) is 5.69. The molecule has 0 spiro atoms. The van der Waals surface area contributed by atoms with Crippen LogP contribution in [0.2, 0.25) is 0 Å². The first kappa shape index (κ1) is 22.8. The molecule has 1 aliphatic rings. The third-order valence-corrected chi connectivity index (χ3v) is 3.88. The Hall–Kier alpha value is 0.760. The number of aliphatic hydroxyl groups excluding tert-OH is 4. The van der Waals surface area contributed by atoms with Crippen molar-refractivity contribution in [1.29, 1.82) is 0 Å². The molecule has 5 atom stereocenters. The first-order valence-corrected chi connectivity index (χ1v) is 8.04. The van der Waals surface area contributed by atoms with Gasteiger partial charge in [0.1, 0.15) is 24.4 Å². The fourth-order valence-electron chi connectivity index (χ4n) is 2.46. The minimum atomic E-state index is -1.37. The number of ether oxygens (including phenoxy) is 2. The van der Waals surface area contributed by atoms with Crippen molar-refractivity contribution in [2.45, 2.75) is 82.6 Å². The van der Waals surface area contributed by atoms with E-state index in [0.717, 1.165) is 19.3 Å². The van der Waals surface area contributed by atoms with Crippen molar-refractivity contribution in [3.05, 3.63) is 0 Å². The summed E-state index contributed by atoms with van der Waals surface area (Å²) < 4.78 is 10.7. The molecular weight excluding hydrogens is 299 g/mol. The van der Waals surface area contributed by atoms with Gasteiger partial charge in [0.15, 0.2) is 6.29 Å². The van der Waals surface area contributed by atoms with Gasteiger partial charge in [-0.25, -0.2) is 0 Å². The van der Waals surface area contributed by atoms with Gasteiger partial charge in [-0.3, -0.25) is 0 Å². The van der Waals surface area contributed by atoms with Crippen LogP contribution >= 0.6 is 0 Å². The van der Waals surface area contributed by atoms with Gasteiger partial charge in [-0.15, -0.1) is 0 Å². The number of aliphatic hydroxyl groups is 4. The summed E-state index contributed by atoms with van der Waals surface area (Å²) in [4.78, 5) is 0. The molecule has 1 rings (SSSR count). The zero-order valence-electron chi connectivity index (χ0n) is 14.9. The third kappa shape index (κ3) is 7.55. The Bertz CT molecular complexity index is 272. The zero-order chi connectivity index (χ0) is 15.7. The van der Waals surface area contributed by atoms with Gasteiger partial charge in [0.2, 0.25) is 0 Å². The topological polar surface area (TPSA) is 99.4 Å². The molecule has 0 aromatic carbocycles. The van der Waals surface area contributed by atoms with Crippen LogP contribution in [0.3, 0.4) is 0 Å². The molecule has 0 saturated carbocycles. The van der Waals surface area contributed by atoms with E-state index in [-0.39, 0.29) is 31.0 Å². The molecule has 0 amide bonds. The summed E-state index contributed by atoms with van der Waals surface area (Å²) in [5.41, 5.74) is 0. The van der Waals surface area contributed by atoms with Gasteiger partial charge < -0.3 is 31.3 Å². The summed E-state index contributed by atoms with van der Waals surface area (Å²) in [6.45, 7) is 2.19. The molecule has 6 nitrogen and oxygen atoms in total. The van der Waals surface area contributed by atoms with Crippen molar-refractivity contribution < 1.29 is 60.9 Å². The van der Waals surface area contributed by atoms with E-state index in [1.54, 1.807) is 0 Å². The standard InChI is InChI=1S/C15H30O6.Na.H/c1-2-3-4-5-6-7-8-9-20-15-14(19)13(18)12(17)11(10-16)21-15;;/h11-19H,2-10H2,1H3;;/q;+1;-1/t11-,12-,13+,14-,15+;;/m1../s1. The van der Waals surface area contributed by atoms with E-state index in [0.29, 0.717) is 6.61 Å². The minimum Gasteiger partial charge on any atom is -1.00 e. The largest absolute Gasteiger partial charge is 1.00 e. The zero-order valence-corrected chi connectivity index (χ0v) is 15.9. The molecule has 0 bridgehead atoms. The average Bonchev–Trinajstić information content (AvgIpc) is 2.49. The van der Waals surface area contributed by atoms with Gasteiger partial charge >= 0.3 is 29.6 Å². The molecule has 1 aliphatic heterocycles. The molecule has 0 aliphatic carbocycles. The first-order chi connectivity index (χ1) is 10.1. The Morgan fingerprint density at radius 1 is 0.909 bits per heavy atom. The van der Waals surface area contributed by atoms with Crippen LogP contribution in [0.25, 0.3) is 0 Å². The van der Waals surface area contributed by atoms with Crippen molar-refractivity contribution >= 4 is 0 Å². The molecule has 0 radical (unpaired) electrons. The molecule has 1 heterocycles. The number of rotatable bonds is 10. The van der Waals surface area contributed by atoms with E-state index in [1.807, 2.05) is 0 Å². The van der Waals surface area contributed by atoms with Crippen molar-refractivity contribution in [1.82, 2.24) is 0 Å². The van der Waals surface area contributed by atoms with Gasteiger partial charge in [-0.05, 0) is 6.42 Å². The van der Waals surface area contributed by atoms with Crippen LogP contribution in [0.4, 0.5) is 0 Å². The number of hydrogen-bond acceptors (Lipinski definition) is 6. The fraction of sp³-hybridized carbons (Fsp3) is 1.00. The Morgan fingerprint density at radius 2 is 1.50 bits per heavy atom. The van der Waals surface area contributed by atoms with Crippen molar-refractivity contribution in [3.8, 4) is 0 Å². The molecule has 4 N–H and O–H groups in total. The SMILES string of the molecule is CCCCCCCCCO[C@H]1O[C@H](CO)[C@@H](O)[C@H](O)[C@H]1O.[H-].[Na+]. The van der Waals surface area contributed by atoms with Crippen LogP contribution < -0.4 is 29.6 Å². The number of hydrogen-bond donors (Lipinski definition) is 4. The molecule has 0 aromatic rings. The number of unbranched alkanes of at least 4 members (excludes halogenated alkanes) is 6. The van der Waals surface area contributed by atoms with Gasteiger partial charge in [0.05, 0.1) is 6.61 Å². The van der Waals surface area contributed by atoms with Crippen LogP contribution in [0.1, 0.15) is 53.3 Å². The predicted octanol–water partition coefficient (Wildman–Crippen LogP) is -2.33. The van der Waals surface area contributed by atoms with Crippen molar-refractivity contribution in [3.63, 3.8) is 0 Å². The van der Waals surface area contributed by atoms with E-state index in [1.165, 1.54) is 25.7 Å². The summed E-state index contributed by atoms with van der Waals surface area (Å²) in [5.74, 6) is 0. The van der Waals surface area contributed by atoms with Crippen LogP contribution in [0.15, 0.2) is 0 Å². The first-order valence-electron chi connectivity index (χ1n) is 8.04. The Labute approximate surface area is 156 Å². The normalized spacial score (nSPS) is 31.8. The third-order valence-electron chi connectivity index (χ3n) is 3.88. The van der Waals surface area contributed by atoms with Gasteiger partial charge in [0.25, 0.3) is 0 Å². The van der Waals surface area contributed by atoms with Crippen LogP contribution in [-0.2, 0) is 9.47 Å². The minimum absolute atomic E-state index is 0. The van der Waals surface area contributed by atoms with E-state index in [2.05, 4.69) is 6.92 Å². The molecule has 22 heavy (non-hydrogen) atoms. The van der Waals surface area contributed by atoms with Crippen LogP contribution in [0, 0.1) is 0 Å². The molecule has 1 saturated heterocycles. The van der Waals surface area contributed by atoms with Crippen LogP contribution in [-0.4, -0.2) is 64.3 Å². The summed E-state index contributed by atoms with van der Waals surface area (Å²) in [6.07, 6.45) is 2.20. The second-order valence-corrected chi connectivity index (χ2v) is 5.69. The molecular formula is C15H31NaO6. The molecule has 1 fully saturated rings. The predicted molar refractivity (Wildman–Crippen MR) is 78.8 cm³/mol. The average molecular weight is 330 g/mol. The van der Waals surface area contributed by atoms with Gasteiger partial charge in [-0.1, -0.05) is 45.4 Å². The molecule has 0 aromatic heterocycles. The van der Waals surface area contributed by atoms with Gasteiger partial charge in [-0.2, -0.15) is 0 Å². The summed E-state index contributed by atoms with van der Waals surface area (Å²) in [6, 6.07) is 0. The van der Waals surface area contributed by atoms with E-state index < -0.39 is 37.3 Å². The van der Waals surface area contributed by atoms with E-state index in [4.69, 9.17) is 14.6 Å².